The maximum Gasteiger partial charge on any atom is 0.124 e. The molecule has 0 saturated carbocycles. The lowest BCUT2D eigenvalue weighted by molar-refractivity contribution is 0.688. The van der Waals surface area contributed by atoms with Crippen LogP contribution in [0.1, 0.15) is 11.4 Å². The molecule has 2 aromatic carbocycles. The van der Waals surface area contributed by atoms with Crippen LogP contribution in [0.3, 0.4) is 0 Å². The molecule has 0 amide bonds. The molecule has 0 radical (unpaired) electrons. The van der Waals surface area contributed by atoms with E-state index in [0.29, 0.717) is 5.88 Å². The van der Waals surface area contributed by atoms with Crippen LogP contribution in [0.4, 0.5) is 0 Å². The summed E-state index contributed by atoms with van der Waals surface area (Å²) in [5.74, 6) is 1.36. The molecule has 20 heavy (non-hydrogen) atoms. The predicted octanol–water partition coefficient (Wildman–Crippen LogP) is 4.78. The van der Waals surface area contributed by atoms with Gasteiger partial charge in [-0.25, -0.2) is 4.98 Å². The number of benzene rings is 2. The Bertz CT molecular complexity index is 722. The number of nitrogens with zero attached hydrogens (tertiary/aromatic N) is 2. The molecule has 3 aromatic rings. The highest BCUT2D eigenvalue weighted by molar-refractivity contribution is 9.10. The Morgan fingerprint density at radius 3 is 2.65 bits per heavy atom. The lowest BCUT2D eigenvalue weighted by Crippen LogP contribution is -2.05. The molecule has 1 heterocycles. The number of hydrogen-bond acceptors (Lipinski definition) is 1. The Labute approximate surface area is 131 Å². The van der Waals surface area contributed by atoms with E-state index in [0.717, 1.165) is 34.3 Å². The van der Waals surface area contributed by atoms with E-state index in [-0.39, 0.29) is 0 Å². The number of aryl methyl sites for hydroxylation is 2. The number of hydrogen-bond donors (Lipinski definition) is 0. The number of imidazole rings is 1. The summed E-state index contributed by atoms with van der Waals surface area (Å²) in [4.78, 5) is 4.61. The molecule has 1 aromatic heterocycles. The third kappa shape index (κ3) is 2.74. The summed E-state index contributed by atoms with van der Waals surface area (Å²) in [6.45, 7) is 0.893. The van der Waals surface area contributed by atoms with Crippen LogP contribution in [-0.4, -0.2) is 9.55 Å². The Balaban J connectivity index is 1.93. The first-order chi connectivity index (χ1) is 9.78. The van der Waals surface area contributed by atoms with Crippen molar-refractivity contribution in [3.8, 4) is 0 Å². The van der Waals surface area contributed by atoms with Crippen LogP contribution in [0.25, 0.3) is 11.0 Å². The van der Waals surface area contributed by atoms with E-state index in [9.17, 15) is 0 Å². The van der Waals surface area contributed by atoms with Crippen LogP contribution in [0, 0.1) is 0 Å². The van der Waals surface area contributed by atoms with Gasteiger partial charge in [0.25, 0.3) is 0 Å². The minimum atomic E-state index is 0.432. The standard InChI is InChI=1S/C16H14BrClN2/c17-13-6-7-15-14(10-13)19-16(11-18)20(15)9-8-12-4-2-1-3-5-12/h1-7,10H,8-9,11H2. The minimum Gasteiger partial charge on any atom is -0.327 e. The highest BCUT2D eigenvalue weighted by atomic mass is 79.9. The normalized spacial score (nSPS) is 11.1. The number of rotatable bonds is 4. The van der Waals surface area contributed by atoms with Gasteiger partial charge in [-0.15, -0.1) is 11.6 Å². The van der Waals surface area contributed by atoms with Crippen LogP contribution in [0.2, 0.25) is 0 Å². The second kappa shape index (κ2) is 5.98. The SMILES string of the molecule is ClCc1nc2cc(Br)ccc2n1CCc1ccccc1. The Kier molecular flexibility index (Phi) is 4.08. The molecule has 0 fully saturated rings. The van der Waals surface area contributed by atoms with Gasteiger partial charge in [0.05, 0.1) is 16.9 Å². The molecule has 2 nitrogen and oxygen atoms in total. The summed E-state index contributed by atoms with van der Waals surface area (Å²) in [6.07, 6.45) is 0.978. The summed E-state index contributed by atoms with van der Waals surface area (Å²) < 4.78 is 3.25. The zero-order valence-corrected chi connectivity index (χ0v) is 13.2. The zero-order valence-electron chi connectivity index (χ0n) is 10.9. The van der Waals surface area contributed by atoms with Crippen molar-refractivity contribution >= 4 is 38.6 Å². The van der Waals surface area contributed by atoms with Crippen molar-refractivity contribution in [1.82, 2.24) is 9.55 Å². The van der Waals surface area contributed by atoms with Gasteiger partial charge in [0, 0.05) is 11.0 Å². The summed E-state index contributed by atoms with van der Waals surface area (Å²) in [7, 11) is 0. The Morgan fingerprint density at radius 1 is 1.10 bits per heavy atom. The topological polar surface area (TPSA) is 17.8 Å². The monoisotopic (exact) mass is 348 g/mol. The zero-order chi connectivity index (χ0) is 13.9. The fraction of sp³-hybridized carbons (Fsp3) is 0.188. The molecule has 0 aliphatic rings. The first kappa shape index (κ1) is 13.7. The van der Waals surface area contributed by atoms with Gasteiger partial charge in [-0.2, -0.15) is 0 Å². The van der Waals surface area contributed by atoms with E-state index in [1.807, 2.05) is 18.2 Å². The maximum atomic E-state index is 6.03. The summed E-state index contributed by atoms with van der Waals surface area (Å²) in [5, 5.41) is 0. The lowest BCUT2D eigenvalue weighted by atomic mass is 10.1. The number of fused-ring (bicyclic) bond motifs is 1. The third-order valence-corrected chi connectivity index (χ3v) is 4.11. The van der Waals surface area contributed by atoms with Crippen molar-refractivity contribution in [1.29, 1.82) is 0 Å². The summed E-state index contributed by atoms with van der Waals surface area (Å²) in [5.41, 5.74) is 3.45. The molecular weight excluding hydrogens is 336 g/mol. The molecule has 102 valence electrons. The summed E-state index contributed by atoms with van der Waals surface area (Å²) in [6, 6.07) is 16.6. The van der Waals surface area contributed by atoms with E-state index in [2.05, 4.69) is 55.8 Å². The van der Waals surface area contributed by atoms with E-state index >= 15 is 0 Å². The van der Waals surface area contributed by atoms with E-state index in [4.69, 9.17) is 11.6 Å². The van der Waals surface area contributed by atoms with Crippen LogP contribution in [0.5, 0.6) is 0 Å². The molecule has 0 aliphatic heterocycles. The molecule has 0 N–H and O–H groups in total. The van der Waals surface area contributed by atoms with Crippen molar-refractivity contribution < 1.29 is 0 Å². The maximum absolute atomic E-state index is 6.03. The Morgan fingerprint density at radius 2 is 1.90 bits per heavy atom. The van der Waals surface area contributed by atoms with E-state index < -0.39 is 0 Å². The highest BCUT2D eigenvalue weighted by Gasteiger charge is 2.10. The van der Waals surface area contributed by atoms with Crippen LogP contribution >= 0.6 is 27.5 Å². The average Bonchev–Trinajstić information content (AvgIpc) is 2.83. The van der Waals surface area contributed by atoms with Crippen LogP contribution in [0.15, 0.2) is 53.0 Å². The van der Waals surface area contributed by atoms with Crippen molar-refractivity contribution in [2.45, 2.75) is 18.8 Å². The average molecular weight is 350 g/mol. The molecule has 3 rings (SSSR count). The van der Waals surface area contributed by atoms with Gasteiger partial charge >= 0.3 is 0 Å². The van der Waals surface area contributed by atoms with E-state index in [1.165, 1.54) is 5.56 Å². The van der Waals surface area contributed by atoms with Crippen LogP contribution < -0.4 is 0 Å². The van der Waals surface area contributed by atoms with Crippen molar-refractivity contribution in [3.05, 3.63) is 64.4 Å². The lowest BCUT2D eigenvalue weighted by Gasteiger charge is -2.08. The third-order valence-electron chi connectivity index (χ3n) is 3.38. The minimum absolute atomic E-state index is 0.432. The number of aromatic nitrogens is 2. The van der Waals surface area contributed by atoms with Gasteiger partial charge in [-0.1, -0.05) is 46.3 Å². The first-order valence-electron chi connectivity index (χ1n) is 6.52. The molecule has 0 unspecified atom stereocenters. The van der Waals surface area contributed by atoms with Gasteiger partial charge in [-0.3, -0.25) is 0 Å². The summed E-state index contributed by atoms with van der Waals surface area (Å²) >= 11 is 9.51. The van der Waals surface area contributed by atoms with Crippen molar-refractivity contribution in [3.63, 3.8) is 0 Å². The quantitative estimate of drug-likeness (QED) is 0.620. The van der Waals surface area contributed by atoms with Crippen LogP contribution in [-0.2, 0) is 18.8 Å². The fourth-order valence-electron chi connectivity index (χ4n) is 2.39. The molecular formula is C16H14BrClN2. The second-order valence-electron chi connectivity index (χ2n) is 4.68. The molecule has 4 heteroatoms. The molecule has 0 atom stereocenters. The predicted molar refractivity (Wildman–Crippen MR) is 87.1 cm³/mol. The van der Waals surface area contributed by atoms with Gasteiger partial charge in [-0.05, 0) is 30.2 Å². The van der Waals surface area contributed by atoms with Gasteiger partial charge in [0.15, 0.2) is 0 Å². The number of halogens is 2. The largest absolute Gasteiger partial charge is 0.327 e. The van der Waals surface area contributed by atoms with Crippen molar-refractivity contribution in [2.24, 2.45) is 0 Å². The molecule has 0 spiro atoms. The Hall–Kier alpha value is -1.32. The first-order valence-corrected chi connectivity index (χ1v) is 7.85. The smallest absolute Gasteiger partial charge is 0.124 e. The fourth-order valence-corrected chi connectivity index (χ4v) is 2.94. The van der Waals surface area contributed by atoms with Gasteiger partial charge in [0.2, 0.25) is 0 Å². The number of alkyl halides is 1. The molecule has 0 bridgehead atoms. The van der Waals surface area contributed by atoms with Crippen molar-refractivity contribution in [2.75, 3.05) is 0 Å². The molecule has 0 saturated heterocycles. The van der Waals surface area contributed by atoms with Gasteiger partial charge in [0.1, 0.15) is 5.82 Å². The second-order valence-corrected chi connectivity index (χ2v) is 5.86. The van der Waals surface area contributed by atoms with E-state index in [1.54, 1.807) is 0 Å². The van der Waals surface area contributed by atoms with Gasteiger partial charge < -0.3 is 4.57 Å². The molecule has 0 aliphatic carbocycles. The highest BCUT2D eigenvalue weighted by Crippen LogP contribution is 2.22.